The van der Waals surface area contributed by atoms with Gasteiger partial charge in [-0.05, 0) is 75.9 Å². The minimum Gasteiger partial charge on any atom is -0.334 e. The lowest BCUT2D eigenvalue weighted by atomic mass is 9.99. The Bertz CT molecular complexity index is 540. The Balaban J connectivity index is 1.75. The fourth-order valence-electron chi connectivity index (χ4n) is 3.74. The van der Waals surface area contributed by atoms with E-state index in [0.717, 1.165) is 44.6 Å². The lowest BCUT2D eigenvalue weighted by Gasteiger charge is -2.38. The van der Waals surface area contributed by atoms with Crippen molar-refractivity contribution in [2.24, 2.45) is 0 Å². The molecule has 0 bridgehead atoms. The van der Waals surface area contributed by atoms with Crippen molar-refractivity contribution < 1.29 is 9.18 Å². The number of likely N-dealkylation sites (tertiary alicyclic amines) is 2. The van der Waals surface area contributed by atoms with Crippen LogP contribution in [0.15, 0.2) is 18.2 Å². The van der Waals surface area contributed by atoms with Crippen molar-refractivity contribution in [1.29, 1.82) is 0 Å². The molecule has 0 aromatic heterocycles. The third-order valence-corrected chi connectivity index (χ3v) is 4.97. The van der Waals surface area contributed by atoms with Gasteiger partial charge in [-0.1, -0.05) is 0 Å². The first-order chi connectivity index (χ1) is 10.6. The second-order valence-electron chi connectivity index (χ2n) is 6.62. The van der Waals surface area contributed by atoms with E-state index in [0.29, 0.717) is 11.6 Å². The first-order valence-corrected chi connectivity index (χ1v) is 8.44. The third-order valence-electron chi connectivity index (χ3n) is 4.97. The summed E-state index contributed by atoms with van der Waals surface area (Å²) in [5.74, 6) is -0.206. The summed E-state index contributed by atoms with van der Waals surface area (Å²) in [6.07, 6.45) is 5.91. The topological polar surface area (TPSA) is 23.6 Å². The number of aryl methyl sites for hydroxylation is 1. The lowest BCUT2D eigenvalue weighted by molar-refractivity contribution is 0.0560. The van der Waals surface area contributed by atoms with Crippen LogP contribution in [-0.4, -0.2) is 47.9 Å². The maximum atomic E-state index is 13.3. The molecule has 1 atom stereocenters. The van der Waals surface area contributed by atoms with E-state index in [4.69, 9.17) is 0 Å². The number of hydrogen-bond acceptors (Lipinski definition) is 2. The second kappa shape index (κ2) is 6.78. The monoisotopic (exact) mass is 304 g/mol. The van der Waals surface area contributed by atoms with Gasteiger partial charge in [0.2, 0.25) is 0 Å². The second-order valence-corrected chi connectivity index (χ2v) is 6.62. The predicted octanol–water partition coefficient (Wildman–Crippen LogP) is 3.22. The summed E-state index contributed by atoms with van der Waals surface area (Å²) in [6.45, 7) is 5.96. The van der Waals surface area contributed by atoms with Crippen molar-refractivity contribution in [2.45, 2.75) is 45.1 Å². The average Bonchev–Trinajstić information content (AvgIpc) is 3.00. The van der Waals surface area contributed by atoms with Crippen molar-refractivity contribution >= 4 is 5.91 Å². The van der Waals surface area contributed by atoms with Gasteiger partial charge in [-0.2, -0.15) is 0 Å². The number of amides is 1. The van der Waals surface area contributed by atoms with Gasteiger partial charge >= 0.3 is 0 Å². The number of benzene rings is 1. The molecule has 3 rings (SSSR count). The zero-order chi connectivity index (χ0) is 15.5. The van der Waals surface area contributed by atoms with Crippen LogP contribution in [0, 0.1) is 12.7 Å². The number of carbonyl (C=O) groups is 1. The van der Waals surface area contributed by atoms with Gasteiger partial charge in [-0.15, -0.1) is 0 Å². The van der Waals surface area contributed by atoms with Crippen LogP contribution < -0.4 is 0 Å². The molecule has 0 spiro atoms. The summed E-state index contributed by atoms with van der Waals surface area (Å²) < 4.78 is 13.3. The number of halogens is 1. The highest BCUT2D eigenvalue weighted by Gasteiger charge is 2.30. The fraction of sp³-hybridized carbons (Fsp3) is 0.611. The molecule has 2 fully saturated rings. The van der Waals surface area contributed by atoms with Crippen molar-refractivity contribution in [3.8, 4) is 0 Å². The van der Waals surface area contributed by atoms with E-state index in [1.54, 1.807) is 6.07 Å². The number of carbonyl (C=O) groups excluding carboxylic acids is 1. The highest BCUT2D eigenvalue weighted by atomic mass is 19.1. The SMILES string of the molecule is Cc1cc(F)ccc1C(=O)N1CCCC[C@@H]1CN1CCCC1. The lowest BCUT2D eigenvalue weighted by Crippen LogP contribution is -2.49. The molecule has 1 aromatic carbocycles. The minimum atomic E-state index is -0.277. The van der Waals surface area contributed by atoms with Gasteiger partial charge in [-0.25, -0.2) is 4.39 Å². The van der Waals surface area contributed by atoms with Gasteiger partial charge in [0.05, 0.1) is 0 Å². The van der Waals surface area contributed by atoms with Crippen LogP contribution in [0.2, 0.25) is 0 Å². The Morgan fingerprint density at radius 2 is 1.91 bits per heavy atom. The van der Waals surface area contributed by atoms with Gasteiger partial charge in [-0.3, -0.25) is 4.79 Å². The van der Waals surface area contributed by atoms with Crippen molar-refractivity contribution in [1.82, 2.24) is 9.80 Å². The molecule has 2 saturated heterocycles. The number of nitrogens with zero attached hydrogens (tertiary/aromatic N) is 2. The molecule has 22 heavy (non-hydrogen) atoms. The summed E-state index contributed by atoms with van der Waals surface area (Å²) >= 11 is 0. The Hall–Kier alpha value is -1.42. The largest absolute Gasteiger partial charge is 0.334 e. The highest BCUT2D eigenvalue weighted by Crippen LogP contribution is 2.23. The molecular formula is C18H25FN2O. The van der Waals surface area contributed by atoms with Crippen LogP contribution in [0.1, 0.15) is 48.0 Å². The van der Waals surface area contributed by atoms with Crippen LogP contribution in [-0.2, 0) is 0 Å². The summed E-state index contributed by atoms with van der Waals surface area (Å²) in [6, 6.07) is 4.78. The molecule has 3 nitrogen and oxygen atoms in total. The molecule has 0 unspecified atom stereocenters. The molecule has 1 aromatic rings. The molecular weight excluding hydrogens is 279 g/mol. The maximum absolute atomic E-state index is 13.3. The van der Waals surface area contributed by atoms with Crippen molar-refractivity contribution in [3.63, 3.8) is 0 Å². The van der Waals surface area contributed by atoms with Crippen molar-refractivity contribution in [3.05, 3.63) is 35.1 Å². The van der Waals surface area contributed by atoms with E-state index in [2.05, 4.69) is 4.90 Å². The molecule has 4 heteroatoms. The average molecular weight is 304 g/mol. The molecule has 0 N–H and O–H groups in total. The van der Waals surface area contributed by atoms with Crippen LogP contribution in [0.5, 0.6) is 0 Å². The maximum Gasteiger partial charge on any atom is 0.254 e. The first-order valence-electron chi connectivity index (χ1n) is 8.44. The van der Waals surface area contributed by atoms with E-state index in [-0.39, 0.29) is 11.7 Å². The van der Waals surface area contributed by atoms with Crippen LogP contribution in [0.25, 0.3) is 0 Å². The van der Waals surface area contributed by atoms with E-state index in [9.17, 15) is 9.18 Å². The minimum absolute atomic E-state index is 0.0707. The zero-order valence-electron chi connectivity index (χ0n) is 13.4. The normalized spacial score (nSPS) is 23.0. The van der Waals surface area contributed by atoms with Crippen LogP contribution >= 0.6 is 0 Å². The quantitative estimate of drug-likeness (QED) is 0.856. The number of piperidine rings is 1. The molecule has 0 radical (unpaired) electrons. The summed E-state index contributed by atoms with van der Waals surface area (Å²) in [7, 11) is 0. The van der Waals surface area contributed by atoms with E-state index in [1.165, 1.54) is 31.4 Å². The Kier molecular flexibility index (Phi) is 4.77. The van der Waals surface area contributed by atoms with Crippen LogP contribution in [0.3, 0.4) is 0 Å². The standard InChI is InChI=1S/C18H25FN2O/c1-14-12-15(19)7-8-17(14)18(22)21-11-3-2-6-16(21)13-20-9-4-5-10-20/h7-8,12,16H,2-6,9-11,13H2,1H3/t16-/m1/s1. The summed E-state index contributed by atoms with van der Waals surface area (Å²) in [4.78, 5) is 17.4. The smallest absolute Gasteiger partial charge is 0.254 e. The Labute approximate surface area is 132 Å². The molecule has 0 aliphatic carbocycles. The van der Waals surface area contributed by atoms with Crippen LogP contribution in [0.4, 0.5) is 4.39 Å². The van der Waals surface area contributed by atoms with Gasteiger partial charge in [0.1, 0.15) is 5.82 Å². The van der Waals surface area contributed by atoms with E-state index in [1.807, 2.05) is 11.8 Å². The highest BCUT2D eigenvalue weighted by molar-refractivity contribution is 5.95. The number of hydrogen-bond donors (Lipinski definition) is 0. The molecule has 120 valence electrons. The third kappa shape index (κ3) is 3.32. The molecule has 1 amide bonds. The Morgan fingerprint density at radius 1 is 1.18 bits per heavy atom. The fourth-order valence-corrected chi connectivity index (χ4v) is 3.74. The first kappa shape index (κ1) is 15.5. The van der Waals surface area contributed by atoms with Gasteiger partial charge in [0.15, 0.2) is 0 Å². The summed E-state index contributed by atoms with van der Waals surface area (Å²) in [5, 5.41) is 0. The Morgan fingerprint density at radius 3 is 2.64 bits per heavy atom. The van der Waals surface area contributed by atoms with E-state index < -0.39 is 0 Å². The van der Waals surface area contributed by atoms with Crippen molar-refractivity contribution in [2.75, 3.05) is 26.2 Å². The van der Waals surface area contributed by atoms with Gasteiger partial charge < -0.3 is 9.80 Å². The summed E-state index contributed by atoms with van der Waals surface area (Å²) in [5.41, 5.74) is 1.38. The molecule has 2 aliphatic heterocycles. The zero-order valence-corrected chi connectivity index (χ0v) is 13.4. The molecule has 2 heterocycles. The predicted molar refractivity (Wildman–Crippen MR) is 85.5 cm³/mol. The van der Waals surface area contributed by atoms with E-state index >= 15 is 0 Å². The van der Waals surface area contributed by atoms with Gasteiger partial charge in [0, 0.05) is 24.7 Å². The van der Waals surface area contributed by atoms with Gasteiger partial charge in [0.25, 0.3) is 5.91 Å². The molecule has 0 saturated carbocycles. The number of rotatable bonds is 3. The molecule has 2 aliphatic rings.